The molecule has 0 amide bonds. The Morgan fingerprint density at radius 2 is 1.47 bits per heavy atom. The number of aryl methyl sites for hydroxylation is 1. The molecular formula is C40H59Cl2N3O4. The van der Waals surface area contributed by atoms with Crippen LogP contribution >= 0.6 is 23.2 Å². The van der Waals surface area contributed by atoms with Gasteiger partial charge in [-0.15, -0.1) is 0 Å². The number of nitrogens with zero attached hydrogens (tertiary/aromatic N) is 3. The van der Waals surface area contributed by atoms with E-state index in [4.69, 9.17) is 37.4 Å². The number of rotatable bonds is 23. The first kappa shape index (κ1) is 39.3. The zero-order valence-electron chi connectivity index (χ0n) is 29.9. The normalized spacial score (nSPS) is 14.8. The van der Waals surface area contributed by atoms with Gasteiger partial charge in [-0.25, -0.2) is 4.99 Å². The SMILES string of the molecule is CCCCCCCCCCCCCCCC(=O)OCOC1=Nc2cc(OCCCCN3CCN(c4cccc(Cl)c4Cl)CC3)ccc2CC1. The number of hydrogen-bond donors (Lipinski definition) is 0. The van der Waals surface area contributed by atoms with Crippen LogP contribution in [0.1, 0.15) is 122 Å². The van der Waals surface area contributed by atoms with E-state index < -0.39 is 0 Å². The van der Waals surface area contributed by atoms with Gasteiger partial charge in [-0.2, -0.15) is 0 Å². The molecule has 0 unspecified atom stereocenters. The number of carbonyl (C=O) groups excluding carboxylic acids is 1. The Hall–Kier alpha value is -2.48. The smallest absolute Gasteiger partial charge is 0.308 e. The lowest BCUT2D eigenvalue weighted by Gasteiger charge is -2.36. The third-order valence-electron chi connectivity index (χ3n) is 9.62. The third-order valence-corrected chi connectivity index (χ3v) is 10.4. The van der Waals surface area contributed by atoms with Crippen LogP contribution < -0.4 is 9.64 Å². The first-order chi connectivity index (χ1) is 24.0. The lowest BCUT2D eigenvalue weighted by molar-refractivity contribution is -0.151. The molecule has 0 N–H and O–H groups in total. The number of aliphatic imine (C=N–C) groups is 1. The summed E-state index contributed by atoms with van der Waals surface area (Å²) < 4.78 is 17.1. The monoisotopic (exact) mass is 715 g/mol. The predicted molar refractivity (Wildman–Crippen MR) is 204 cm³/mol. The van der Waals surface area contributed by atoms with Gasteiger partial charge in [-0.3, -0.25) is 9.69 Å². The molecule has 0 atom stereocenters. The fourth-order valence-corrected chi connectivity index (χ4v) is 7.00. The van der Waals surface area contributed by atoms with Crippen molar-refractivity contribution in [3.8, 4) is 5.75 Å². The largest absolute Gasteiger partial charge is 0.494 e. The van der Waals surface area contributed by atoms with Crippen molar-refractivity contribution in [3.05, 3.63) is 52.0 Å². The second kappa shape index (κ2) is 23.1. The number of halogens is 2. The number of ether oxygens (including phenoxy) is 3. The molecule has 2 aliphatic heterocycles. The van der Waals surface area contributed by atoms with Crippen molar-refractivity contribution >= 4 is 46.4 Å². The van der Waals surface area contributed by atoms with E-state index in [1.165, 1.54) is 76.2 Å². The quantitative estimate of drug-likeness (QED) is 0.0648. The maximum absolute atomic E-state index is 12.2. The number of hydrogen-bond acceptors (Lipinski definition) is 7. The zero-order valence-corrected chi connectivity index (χ0v) is 31.4. The molecule has 0 spiro atoms. The van der Waals surface area contributed by atoms with Gasteiger partial charge in [0.1, 0.15) is 5.75 Å². The molecule has 0 saturated carbocycles. The molecule has 4 rings (SSSR count). The first-order valence-corrected chi connectivity index (χ1v) is 19.8. The summed E-state index contributed by atoms with van der Waals surface area (Å²) >= 11 is 12.6. The predicted octanol–water partition coefficient (Wildman–Crippen LogP) is 10.9. The minimum atomic E-state index is -0.194. The maximum Gasteiger partial charge on any atom is 0.308 e. The number of benzene rings is 2. The van der Waals surface area contributed by atoms with Gasteiger partial charge in [0.15, 0.2) is 5.90 Å². The summed E-state index contributed by atoms with van der Waals surface area (Å²) in [5.41, 5.74) is 3.07. The van der Waals surface area contributed by atoms with Crippen LogP contribution in [0, 0.1) is 0 Å². The highest BCUT2D eigenvalue weighted by atomic mass is 35.5. The summed E-state index contributed by atoms with van der Waals surface area (Å²) in [4.78, 5) is 21.7. The molecule has 0 aromatic heterocycles. The molecule has 1 fully saturated rings. The third kappa shape index (κ3) is 14.7. The van der Waals surface area contributed by atoms with Crippen LogP contribution in [-0.2, 0) is 20.7 Å². The second-order valence-corrected chi connectivity index (χ2v) is 14.3. The van der Waals surface area contributed by atoms with Crippen LogP contribution in [0.3, 0.4) is 0 Å². The van der Waals surface area contributed by atoms with Crippen LogP contribution in [0.25, 0.3) is 0 Å². The van der Waals surface area contributed by atoms with Crippen molar-refractivity contribution in [2.75, 3.05) is 51.0 Å². The molecule has 0 aliphatic carbocycles. The van der Waals surface area contributed by atoms with Gasteiger partial charge in [-0.1, -0.05) is 119 Å². The Morgan fingerprint density at radius 3 is 2.18 bits per heavy atom. The number of fused-ring (bicyclic) bond motifs is 1. The Bertz CT molecular complexity index is 1280. The molecule has 9 heteroatoms. The van der Waals surface area contributed by atoms with E-state index in [1.807, 2.05) is 30.3 Å². The van der Waals surface area contributed by atoms with Crippen LogP contribution in [-0.4, -0.2) is 62.9 Å². The van der Waals surface area contributed by atoms with E-state index in [0.29, 0.717) is 35.4 Å². The average Bonchev–Trinajstić information content (AvgIpc) is 3.11. The van der Waals surface area contributed by atoms with Crippen molar-refractivity contribution in [3.63, 3.8) is 0 Å². The lowest BCUT2D eigenvalue weighted by atomic mass is 10.0. The van der Waals surface area contributed by atoms with E-state index in [2.05, 4.69) is 27.8 Å². The summed E-state index contributed by atoms with van der Waals surface area (Å²) in [6.45, 7) is 7.82. The first-order valence-electron chi connectivity index (χ1n) is 19.1. The van der Waals surface area contributed by atoms with Crippen LogP contribution in [0.5, 0.6) is 5.75 Å². The summed E-state index contributed by atoms with van der Waals surface area (Å²) in [5.74, 6) is 1.23. The number of anilines is 1. The second-order valence-electron chi connectivity index (χ2n) is 13.5. The maximum atomic E-state index is 12.2. The zero-order chi connectivity index (χ0) is 34.5. The van der Waals surface area contributed by atoms with Gasteiger partial charge >= 0.3 is 5.97 Å². The van der Waals surface area contributed by atoms with Gasteiger partial charge < -0.3 is 19.1 Å². The standard InChI is InChI=1S/C40H59Cl2N3O4/c1-2-3-4-5-6-7-8-9-10-11-12-13-14-20-39(46)49-32-48-38-24-22-33-21-23-34(31-36(33)43-38)47-30-16-15-25-44-26-28-45(29-27-44)37-19-17-18-35(41)40(37)42/h17-19,21,23,31H,2-16,20,22,24-30,32H2,1H3. The molecule has 2 aliphatic rings. The van der Waals surface area contributed by atoms with E-state index in [9.17, 15) is 4.79 Å². The van der Waals surface area contributed by atoms with E-state index >= 15 is 0 Å². The Morgan fingerprint density at radius 1 is 0.776 bits per heavy atom. The molecule has 0 radical (unpaired) electrons. The van der Waals surface area contributed by atoms with Crippen molar-refractivity contribution in [1.29, 1.82) is 0 Å². The Kier molecular flexibility index (Phi) is 18.5. The number of esters is 1. The van der Waals surface area contributed by atoms with E-state index in [-0.39, 0.29) is 12.8 Å². The highest BCUT2D eigenvalue weighted by molar-refractivity contribution is 6.43. The molecule has 272 valence electrons. The molecule has 7 nitrogen and oxygen atoms in total. The van der Waals surface area contributed by atoms with Gasteiger partial charge in [0.05, 0.1) is 28.0 Å². The number of carbonyl (C=O) groups is 1. The van der Waals surface area contributed by atoms with Crippen molar-refractivity contribution < 1.29 is 19.0 Å². The Labute approximate surface area is 305 Å². The molecule has 2 aromatic carbocycles. The highest BCUT2D eigenvalue weighted by Gasteiger charge is 2.20. The van der Waals surface area contributed by atoms with Gasteiger partial charge in [0.2, 0.25) is 6.79 Å². The summed E-state index contributed by atoms with van der Waals surface area (Å²) in [7, 11) is 0. The molecular weight excluding hydrogens is 657 g/mol. The fraction of sp³-hybridized carbons (Fsp3) is 0.650. The van der Waals surface area contributed by atoms with Gasteiger partial charge in [0.25, 0.3) is 0 Å². The number of unbranched alkanes of at least 4 members (excludes halogenated alkanes) is 13. The van der Waals surface area contributed by atoms with E-state index in [0.717, 1.165) is 82.0 Å². The highest BCUT2D eigenvalue weighted by Crippen LogP contribution is 2.33. The van der Waals surface area contributed by atoms with Crippen molar-refractivity contribution in [2.45, 2.75) is 122 Å². The number of piperazine rings is 1. The molecule has 2 heterocycles. The summed E-state index contributed by atoms with van der Waals surface area (Å²) in [5, 5.41) is 1.25. The molecule has 2 aromatic rings. The topological polar surface area (TPSA) is 63.6 Å². The van der Waals surface area contributed by atoms with Crippen LogP contribution in [0.2, 0.25) is 10.0 Å². The molecule has 49 heavy (non-hydrogen) atoms. The summed E-state index contributed by atoms with van der Waals surface area (Å²) in [6.07, 6.45) is 20.8. The minimum absolute atomic E-state index is 0.0783. The molecule has 0 bridgehead atoms. The fourth-order valence-electron chi connectivity index (χ4n) is 6.58. The van der Waals surface area contributed by atoms with Crippen molar-refractivity contribution in [1.82, 2.24) is 4.90 Å². The van der Waals surface area contributed by atoms with Gasteiger partial charge in [0, 0.05) is 45.1 Å². The average molecular weight is 717 g/mol. The van der Waals surface area contributed by atoms with Crippen molar-refractivity contribution in [2.24, 2.45) is 4.99 Å². The summed E-state index contributed by atoms with van der Waals surface area (Å²) in [6, 6.07) is 11.9. The lowest BCUT2D eigenvalue weighted by Crippen LogP contribution is -2.46. The van der Waals surface area contributed by atoms with E-state index in [1.54, 1.807) is 0 Å². The Balaban J connectivity index is 1.01. The minimum Gasteiger partial charge on any atom is -0.494 e. The van der Waals surface area contributed by atoms with Gasteiger partial charge in [-0.05, 0) is 56.0 Å². The molecule has 1 saturated heterocycles. The van der Waals surface area contributed by atoms with Crippen LogP contribution in [0.4, 0.5) is 11.4 Å². The van der Waals surface area contributed by atoms with Crippen LogP contribution in [0.15, 0.2) is 41.4 Å².